The van der Waals surface area contributed by atoms with Gasteiger partial charge in [-0.2, -0.15) is 0 Å². The van der Waals surface area contributed by atoms with Gasteiger partial charge in [-0.3, -0.25) is 9.59 Å². The first-order valence-corrected chi connectivity index (χ1v) is 7.85. The van der Waals surface area contributed by atoms with Gasteiger partial charge in [0.15, 0.2) is 23.9 Å². The maximum Gasteiger partial charge on any atom is 0.341 e. The molecule has 0 spiro atoms. The summed E-state index contributed by atoms with van der Waals surface area (Å²) in [5.41, 5.74) is 0.543. The Morgan fingerprint density at radius 2 is 1.96 bits per heavy atom. The molecule has 0 atom stereocenters. The molecule has 1 amide bonds. The number of hydrogen-bond donors (Lipinski definition) is 1. The van der Waals surface area contributed by atoms with Crippen molar-refractivity contribution in [2.75, 3.05) is 18.7 Å². The number of Topliss-reactive ketones (excluding diaryl/α,β-unsaturated/α-hetero) is 1. The maximum atomic E-state index is 12.1. The minimum Gasteiger partial charge on any atom is -0.454 e. The smallest absolute Gasteiger partial charge is 0.341 e. The molecule has 9 heteroatoms. The lowest BCUT2D eigenvalue weighted by Crippen LogP contribution is -2.22. The molecule has 0 saturated heterocycles. The number of rotatable bonds is 5. The molecule has 2 aromatic rings. The second-order valence-corrected chi connectivity index (χ2v) is 5.63. The molecule has 0 radical (unpaired) electrons. The van der Waals surface area contributed by atoms with Gasteiger partial charge in [0.25, 0.3) is 5.91 Å². The summed E-state index contributed by atoms with van der Waals surface area (Å²) in [6.07, 6.45) is 1.43. The highest BCUT2D eigenvalue weighted by Crippen LogP contribution is 2.37. The average Bonchev–Trinajstić information content (AvgIpc) is 3.06. The standard InChI is InChI=1S/C17H13ClN2O6/c1-9(21)11-5-13-14(26-8-25-13)6-12(11)20-15(22)7-24-17(23)10-3-2-4-19-16(10)18/h2-6H,7-8H2,1H3,(H,20,22). The fourth-order valence-corrected chi connectivity index (χ4v) is 2.47. The van der Waals surface area contributed by atoms with E-state index in [1.165, 1.54) is 37.4 Å². The summed E-state index contributed by atoms with van der Waals surface area (Å²) in [7, 11) is 0. The second-order valence-electron chi connectivity index (χ2n) is 5.27. The fraction of sp³-hybridized carbons (Fsp3) is 0.176. The monoisotopic (exact) mass is 376 g/mol. The Morgan fingerprint density at radius 3 is 2.65 bits per heavy atom. The molecule has 1 aliphatic heterocycles. The van der Waals surface area contributed by atoms with Gasteiger partial charge >= 0.3 is 5.97 Å². The summed E-state index contributed by atoms with van der Waals surface area (Å²) >= 11 is 5.80. The number of esters is 1. The quantitative estimate of drug-likeness (QED) is 0.485. The zero-order valence-electron chi connectivity index (χ0n) is 13.6. The third-order valence-electron chi connectivity index (χ3n) is 3.48. The number of carbonyl (C=O) groups excluding carboxylic acids is 3. The van der Waals surface area contributed by atoms with Gasteiger partial charge in [-0.25, -0.2) is 9.78 Å². The third-order valence-corrected chi connectivity index (χ3v) is 3.78. The van der Waals surface area contributed by atoms with Gasteiger partial charge < -0.3 is 19.5 Å². The van der Waals surface area contributed by atoms with Crippen LogP contribution < -0.4 is 14.8 Å². The lowest BCUT2D eigenvalue weighted by Gasteiger charge is -2.11. The fourth-order valence-electron chi connectivity index (χ4n) is 2.27. The van der Waals surface area contributed by atoms with Gasteiger partial charge in [0.1, 0.15) is 5.15 Å². The number of ketones is 1. The average molecular weight is 377 g/mol. The molecule has 134 valence electrons. The number of fused-ring (bicyclic) bond motifs is 1. The first kappa shape index (κ1) is 17.7. The van der Waals surface area contributed by atoms with Crippen molar-refractivity contribution in [2.45, 2.75) is 6.92 Å². The van der Waals surface area contributed by atoms with Crippen molar-refractivity contribution in [2.24, 2.45) is 0 Å². The summed E-state index contributed by atoms with van der Waals surface area (Å²) in [6, 6.07) is 5.92. The van der Waals surface area contributed by atoms with E-state index in [0.717, 1.165) is 0 Å². The van der Waals surface area contributed by atoms with Gasteiger partial charge in [0.2, 0.25) is 6.79 Å². The Bertz CT molecular complexity index is 899. The molecule has 2 heterocycles. The molecule has 1 aliphatic rings. The Morgan fingerprint density at radius 1 is 1.23 bits per heavy atom. The highest BCUT2D eigenvalue weighted by molar-refractivity contribution is 6.32. The van der Waals surface area contributed by atoms with Crippen LogP contribution in [0.25, 0.3) is 0 Å². The van der Waals surface area contributed by atoms with E-state index in [4.69, 9.17) is 25.8 Å². The van der Waals surface area contributed by atoms with Gasteiger partial charge in [-0.15, -0.1) is 0 Å². The van der Waals surface area contributed by atoms with Gasteiger partial charge in [0, 0.05) is 17.8 Å². The topological polar surface area (TPSA) is 104 Å². The zero-order valence-corrected chi connectivity index (χ0v) is 14.3. The summed E-state index contributed by atoms with van der Waals surface area (Å²) in [5, 5.41) is 2.50. The lowest BCUT2D eigenvalue weighted by molar-refractivity contribution is -0.119. The largest absolute Gasteiger partial charge is 0.454 e. The Hall–Kier alpha value is -3.13. The first-order valence-electron chi connectivity index (χ1n) is 7.48. The van der Waals surface area contributed by atoms with Crippen molar-refractivity contribution in [1.82, 2.24) is 4.98 Å². The van der Waals surface area contributed by atoms with E-state index < -0.39 is 18.5 Å². The number of nitrogens with one attached hydrogen (secondary N) is 1. The molecule has 1 N–H and O–H groups in total. The van der Waals surface area contributed by atoms with Crippen LogP contribution in [0.3, 0.4) is 0 Å². The number of halogens is 1. The third kappa shape index (κ3) is 3.75. The van der Waals surface area contributed by atoms with E-state index >= 15 is 0 Å². The predicted octanol–water partition coefficient (Wildman–Crippen LogP) is 2.46. The number of carbonyl (C=O) groups is 3. The highest BCUT2D eigenvalue weighted by Gasteiger charge is 2.21. The first-order chi connectivity index (χ1) is 12.5. The SMILES string of the molecule is CC(=O)c1cc2c(cc1NC(=O)COC(=O)c1cccnc1Cl)OCO2. The minimum absolute atomic E-state index is 0.0208. The van der Waals surface area contributed by atoms with Gasteiger partial charge in [0.05, 0.1) is 11.3 Å². The van der Waals surface area contributed by atoms with E-state index in [2.05, 4.69) is 10.3 Å². The number of amides is 1. The minimum atomic E-state index is -0.782. The summed E-state index contributed by atoms with van der Waals surface area (Å²) in [6.45, 7) is 0.834. The summed E-state index contributed by atoms with van der Waals surface area (Å²) in [4.78, 5) is 39.6. The number of anilines is 1. The molecule has 1 aromatic heterocycles. The molecular weight excluding hydrogens is 364 g/mol. The Balaban J connectivity index is 1.68. The predicted molar refractivity (Wildman–Crippen MR) is 90.7 cm³/mol. The Kier molecular flexibility index (Phi) is 5.04. The molecule has 3 rings (SSSR count). The van der Waals surface area contributed by atoms with E-state index in [-0.39, 0.29) is 34.5 Å². The van der Waals surface area contributed by atoms with Crippen molar-refractivity contribution in [3.63, 3.8) is 0 Å². The summed E-state index contributed by atoms with van der Waals surface area (Å²) in [5.74, 6) is -0.844. The second kappa shape index (κ2) is 7.40. The molecule has 0 bridgehead atoms. The van der Waals surface area contributed by atoms with Crippen molar-refractivity contribution < 1.29 is 28.6 Å². The molecule has 1 aromatic carbocycles. The molecular formula is C17H13ClN2O6. The maximum absolute atomic E-state index is 12.1. The summed E-state index contributed by atoms with van der Waals surface area (Å²) < 4.78 is 15.4. The van der Waals surface area contributed by atoms with Crippen molar-refractivity contribution >= 4 is 34.9 Å². The van der Waals surface area contributed by atoms with Crippen molar-refractivity contribution in [3.8, 4) is 11.5 Å². The van der Waals surface area contributed by atoms with Crippen LogP contribution in [0.5, 0.6) is 11.5 Å². The molecule has 0 unspecified atom stereocenters. The van der Waals surface area contributed by atoms with E-state index in [0.29, 0.717) is 11.5 Å². The van der Waals surface area contributed by atoms with Crippen LogP contribution in [-0.4, -0.2) is 36.0 Å². The number of hydrogen-bond acceptors (Lipinski definition) is 7. The molecule has 26 heavy (non-hydrogen) atoms. The normalized spacial score (nSPS) is 11.8. The lowest BCUT2D eigenvalue weighted by atomic mass is 10.1. The van der Waals surface area contributed by atoms with Crippen LogP contribution in [0.4, 0.5) is 5.69 Å². The number of ether oxygens (including phenoxy) is 3. The molecule has 0 fully saturated rings. The van der Waals surface area contributed by atoms with Crippen LogP contribution in [0.1, 0.15) is 27.6 Å². The van der Waals surface area contributed by atoms with E-state index in [9.17, 15) is 14.4 Å². The van der Waals surface area contributed by atoms with Crippen LogP contribution >= 0.6 is 11.6 Å². The van der Waals surface area contributed by atoms with Crippen LogP contribution in [0, 0.1) is 0 Å². The van der Waals surface area contributed by atoms with Crippen molar-refractivity contribution in [3.05, 3.63) is 46.7 Å². The molecule has 0 aliphatic carbocycles. The van der Waals surface area contributed by atoms with Crippen molar-refractivity contribution in [1.29, 1.82) is 0 Å². The van der Waals surface area contributed by atoms with Crippen LogP contribution in [0.15, 0.2) is 30.5 Å². The molecule has 8 nitrogen and oxygen atoms in total. The molecule has 0 saturated carbocycles. The van der Waals surface area contributed by atoms with Crippen LogP contribution in [0.2, 0.25) is 5.15 Å². The van der Waals surface area contributed by atoms with E-state index in [1.54, 1.807) is 0 Å². The zero-order chi connectivity index (χ0) is 18.7. The number of pyridine rings is 1. The van der Waals surface area contributed by atoms with E-state index in [1.807, 2.05) is 0 Å². The number of aromatic nitrogens is 1. The van der Waals surface area contributed by atoms with Gasteiger partial charge in [-0.05, 0) is 25.1 Å². The van der Waals surface area contributed by atoms with Gasteiger partial charge in [-0.1, -0.05) is 11.6 Å². The Labute approximate surface area is 153 Å². The highest BCUT2D eigenvalue weighted by atomic mass is 35.5. The number of nitrogens with zero attached hydrogens (tertiary/aromatic N) is 1. The number of benzene rings is 1. The van der Waals surface area contributed by atoms with Crippen LogP contribution in [-0.2, 0) is 9.53 Å².